The molecule has 1 aromatic carbocycles. The van der Waals surface area contributed by atoms with Gasteiger partial charge in [0.05, 0.1) is 0 Å². The van der Waals surface area contributed by atoms with Crippen LogP contribution in [0.25, 0.3) is 0 Å². The number of halogens is 2. The van der Waals surface area contributed by atoms with Crippen molar-refractivity contribution in [3.63, 3.8) is 0 Å². The van der Waals surface area contributed by atoms with Gasteiger partial charge in [0, 0.05) is 37.5 Å². The molecule has 1 atom stereocenters. The predicted octanol–water partition coefficient (Wildman–Crippen LogP) is 2.91. The monoisotopic (exact) mass is 295 g/mol. The van der Waals surface area contributed by atoms with E-state index in [1.807, 2.05) is 30.8 Å². The lowest BCUT2D eigenvalue weighted by Crippen LogP contribution is -2.25. The summed E-state index contributed by atoms with van der Waals surface area (Å²) in [5.74, 6) is 1.08. The van der Waals surface area contributed by atoms with Crippen molar-refractivity contribution in [3.05, 3.63) is 48.0 Å². The standard InChI is InChI=1S/C15H19F2N3O/c1-3-18-12(10-14-19-8-9-20(14)2)11-6-4-5-7-13(11)21-15(16)17/h4-9,12,15,18H,3,10H2,1-2H3. The molecule has 0 saturated heterocycles. The SMILES string of the molecule is CCNC(Cc1nccn1C)c1ccccc1OC(F)F. The van der Waals surface area contributed by atoms with Gasteiger partial charge in [-0.1, -0.05) is 25.1 Å². The highest BCUT2D eigenvalue weighted by molar-refractivity contribution is 5.36. The number of aromatic nitrogens is 2. The summed E-state index contributed by atoms with van der Waals surface area (Å²) in [7, 11) is 1.91. The van der Waals surface area contributed by atoms with Crippen molar-refractivity contribution >= 4 is 0 Å². The van der Waals surface area contributed by atoms with E-state index in [0.717, 1.165) is 12.4 Å². The first-order valence-electron chi connectivity index (χ1n) is 6.85. The average molecular weight is 295 g/mol. The zero-order valence-electron chi connectivity index (χ0n) is 12.1. The van der Waals surface area contributed by atoms with E-state index in [0.29, 0.717) is 12.0 Å². The van der Waals surface area contributed by atoms with E-state index in [9.17, 15) is 8.78 Å². The summed E-state index contributed by atoms with van der Waals surface area (Å²) in [6.45, 7) is -0.137. The van der Waals surface area contributed by atoms with Crippen molar-refractivity contribution in [1.82, 2.24) is 14.9 Å². The topological polar surface area (TPSA) is 39.1 Å². The van der Waals surface area contributed by atoms with Crippen LogP contribution in [0.3, 0.4) is 0 Å². The number of benzene rings is 1. The van der Waals surface area contributed by atoms with Crippen LogP contribution in [0.15, 0.2) is 36.7 Å². The maximum Gasteiger partial charge on any atom is 0.387 e. The van der Waals surface area contributed by atoms with Gasteiger partial charge in [-0.05, 0) is 12.6 Å². The van der Waals surface area contributed by atoms with Crippen LogP contribution >= 0.6 is 0 Å². The Bertz CT molecular complexity index is 572. The van der Waals surface area contributed by atoms with Gasteiger partial charge in [0.25, 0.3) is 0 Å². The Balaban J connectivity index is 2.27. The molecule has 2 rings (SSSR count). The maximum atomic E-state index is 12.5. The zero-order chi connectivity index (χ0) is 15.2. The van der Waals surface area contributed by atoms with Crippen molar-refractivity contribution in [2.45, 2.75) is 26.0 Å². The number of hydrogen-bond acceptors (Lipinski definition) is 3. The summed E-state index contributed by atoms with van der Waals surface area (Å²) in [4.78, 5) is 4.29. The van der Waals surface area contributed by atoms with Gasteiger partial charge >= 0.3 is 6.61 Å². The van der Waals surface area contributed by atoms with Crippen LogP contribution in [0.5, 0.6) is 5.75 Å². The van der Waals surface area contributed by atoms with Crippen LogP contribution in [0.1, 0.15) is 24.4 Å². The number of alkyl halides is 2. The molecule has 0 radical (unpaired) electrons. The second-order valence-electron chi connectivity index (χ2n) is 4.69. The molecule has 21 heavy (non-hydrogen) atoms. The molecule has 0 amide bonds. The van der Waals surface area contributed by atoms with Gasteiger partial charge in [-0.3, -0.25) is 0 Å². The van der Waals surface area contributed by atoms with Gasteiger partial charge in [0.2, 0.25) is 0 Å². The lowest BCUT2D eigenvalue weighted by molar-refractivity contribution is -0.0507. The van der Waals surface area contributed by atoms with Gasteiger partial charge < -0.3 is 14.6 Å². The summed E-state index contributed by atoms with van der Waals surface area (Å²) in [6, 6.07) is 6.73. The number of ether oxygens (including phenoxy) is 1. The summed E-state index contributed by atoms with van der Waals surface area (Å²) >= 11 is 0. The Labute approximate surface area is 122 Å². The Morgan fingerprint density at radius 3 is 2.71 bits per heavy atom. The number of nitrogens with one attached hydrogen (secondary N) is 1. The lowest BCUT2D eigenvalue weighted by Gasteiger charge is -2.21. The summed E-state index contributed by atoms with van der Waals surface area (Å²) in [5, 5.41) is 3.30. The fourth-order valence-electron chi connectivity index (χ4n) is 2.29. The third-order valence-electron chi connectivity index (χ3n) is 3.27. The van der Waals surface area contributed by atoms with Gasteiger partial charge in [-0.15, -0.1) is 0 Å². The molecule has 0 fully saturated rings. The fraction of sp³-hybridized carbons (Fsp3) is 0.400. The smallest absolute Gasteiger partial charge is 0.387 e. The summed E-state index contributed by atoms with van der Waals surface area (Å²) < 4.78 is 31.6. The molecule has 1 aromatic heterocycles. The molecule has 0 aliphatic carbocycles. The summed E-state index contributed by atoms with van der Waals surface area (Å²) in [5.41, 5.74) is 0.711. The Morgan fingerprint density at radius 2 is 2.10 bits per heavy atom. The molecule has 1 heterocycles. The zero-order valence-corrected chi connectivity index (χ0v) is 12.1. The number of rotatable bonds is 7. The molecule has 0 spiro atoms. The minimum absolute atomic E-state index is 0.133. The largest absolute Gasteiger partial charge is 0.434 e. The van der Waals surface area contributed by atoms with Gasteiger partial charge in [0.15, 0.2) is 0 Å². The molecule has 2 aromatic rings. The number of nitrogens with zero attached hydrogens (tertiary/aromatic N) is 2. The minimum Gasteiger partial charge on any atom is -0.434 e. The molecule has 1 unspecified atom stereocenters. The highest BCUT2D eigenvalue weighted by atomic mass is 19.3. The van der Waals surface area contributed by atoms with Crippen molar-refractivity contribution in [2.24, 2.45) is 7.05 Å². The van der Waals surface area contributed by atoms with Crippen molar-refractivity contribution in [2.75, 3.05) is 6.54 Å². The van der Waals surface area contributed by atoms with Gasteiger partial charge in [-0.2, -0.15) is 8.78 Å². The molecule has 114 valence electrons. The van der Waals surface area contributed by atoms with Crippen LogP contribution in [0.2, 0.25) is 0 Å². The van der Waals surface area contributed by atoms with E-state index in [-0.39, 0.29) is 11.8 Å². The van der Waals surface area contributed by atoms with Crippen LogP contribution in [0.4, 0.5) is 8.78 Å². The number of para-hydroxylation sites is 1. The van der Waals surface area contributed by atoms with Crippen LogP contribution in [-0.4, -0.2) is 22.7 Å². The second kappa shape index (κ2) is 7.17. The highest BCUT2D eigenvalue weighted by Crippen LogP contribution is 2.28. The van der Waals surface area contributed by atoms with E-state index >= 15 is 0 Å². The Kier molecular flexibility index (Phi) is 5.27. The Hall–Kier alpha value is -1.95. The number of likely N-dealkylation sites (N-methyl/N-ethyl adjacent to an activating group) is 1. The molecular formula is C15H19F2N3O. The minimum atomic E-state index is -2.83. The second-order valence-corrected chi connectivity index (χ2v) is 4.69. The lowest BCUT2D eigenvalue weighted by atomic mass is 10.0. The third kappa shape index (κ3) is 4.01. The van der Waals surface area contributed by atoms with Crippen LogP contribution in [-0.2, 0) is 13.5 Å². The molecule has 0 saturated carbocycles. The van der Waals surface area contributed by atoms with E-state index < -0.39 is 6.61 Å². The van der Waals surface area contributed by atoms with E-state index in [1.54, 1.807) is 24.4 Å². The molecule has 4 nitrogen and oxygen atoms in total. The molecule has 1 N–H and O–H groups in total. The van der Waals surface area contributed by atoms with Gasteiger partial charge in [0.1, 0.15) is 11.6 Å². The Morgan fingerprint density at radius 1 is 1.33 bits per heavy atom. The first-order valence-corrected chi connectivity index (χ1v) is 6.85. The van der Waals surface area contributed by atoms with Crippen LogP contribution < -0.4 is 10.1 Å². The maximum absolute atomic E-state index is 12.5. The van der Waals surface area contributed by atoms with E-state index in [4.69, 9.17) is 0 Å². The van der Waals surface area contributed by atoms with E-state index in [1.165, 1.54) is 0 Å². The van der Waals surface area contributed by atoms with E-state index in [2.05, 4.69) is 15.0 Å². The summed E-state index contributed by atoms with van der Waals surface area (Å²) in [6.07, 6.45) is 4.18. The quantitative estimate of drug-likeness (QED) is 0.853. The first-order chi connectivity index (χ1) is 10.1. The van der Waals surface area contributed by atoms with Gasteiger partial charge in [-0.25, -0.2) is 4.98 Å². The van der Waals surface area contributed by atoms with Crippen molar-refractivity contribution in [1.29, 1.82) is 0 Å². The third-order valence-corrected chi connectivity index (χ3v) is 3.27. The van der Waals surface area contributed by atoms with Crippen molar-refractivity contribution in [3.8, 4) is 5.75 Å². The average Bonchev–Trinajstić information content (AvgIpc) is 2.84. The fourth-order valence-corrected chi connectivity index (χ4v) is 2.29. The number of hydrogen-bond donors (Lipinski definition) is 1. The molecule has 0 aliphatic rings. The normalized spacial score (nSPS) is 12.6. The molecule has 0 aliphatic heterocycles. The molecular weight excluding hydrogens is 276 g/mol. The number of imidazole rings is 1. The number of aryl methyl sites for hydroxylation is 1. The molecule has 6 heteroatoms. The van der Waals surface area contributed by atoms with Crippen molar-refractivity contribution < 1.29 is 13.5 Å². The first kappa shape index (κ1) is 15.4. The predicted molar refractivity (Wildman–Crippen MR) is 76.4 cm³/mol. The molecule has 0 bridgehead atoms. The highest BCUT2D eigenvalue weighted by Gasteiger charge is 2.19. The van der Waals surface area contributed by atoms with Crippen LogP contribution in [0, 0.1) is 0 Å².